The van der Waals surface area contributed by atoms with E-state index < -0.39 is 0 Å². The molecule has 1 N–H and O–H groups in total. The third-order valence-electron chi connectivity index (χ3n) is 5.34. The normalized spacial score (nSPS) is 7.45. The zero-order valence-electron chi connectivity index (χ0n) is 24.8. The van der Waals surface area contributed by atoms with E-state index in [1.165, 1.54) is 44.9 Å². The maximum atomic E-state index is 9.06. The fraction of sp³-hybridized carbons (Fsp3) is 0.317. The lowest BCUT2D eigenvalue weighted by Gasteiger charge is -2.07. The molecule has 0 aliphatic carbocycles. The molecule has 1 aromatic rings. The number of benzene rings is 1. The van der Waals surface area contributed by atoms with Gasteiger partial charge >= 0.3 is 0 Å². The summed E-state index contributed by atoms with van der Waals surface area (Å²) in [7, 11) is 0. The highest BCUT2D eigenvalue weighted by Crippen LogP contribution is 2.14. The van der Waals surface area contributed by atoms with E-state index >= 15 is 0 Å². The molecule has 0 fully saturated rings. The number of aliphatic hydroxyl groups excluding tert-OH is 1. The highest BCUT2D eigenvalue weighted by Gasteiger charge is 1.96. The molecule has 3 heteroatoms. The fourth-order valence-electron chi connectivity index (χ4n) is 3.25. The largest absolute Gasteiger partial charge is 0.494 e. The molecule has 0 saturated heterocycles. The Kier molecular flexibility index (Phi) is 24.5. The van der Waals surface area contributed by atoms with Gasteiger partial charge in [-0.25, -0.2) is 0 Å². The minimum atomic E-state index is 0.0639. The SMILES string of the molecule is C#CC#CC#CC#CC#CC#CC#CC#CC#CC#CC#COCCCCCCCCCCCCOc1ccc(CO)cc1. The van der Waals surface area contributed by atoms with E-state index in [0.717, 1.165) is 37.2 Å². The number of terminal acetylenes is 1. The van der Waals surface area contributed by atoms with Gasteiger partial charge in [0, 0.05) is 71.0 Å². The molecule has 0 heterocycles. The first-order valence-corrected chi connectivity index (χ1v) is 14.3. The van der Waals surface area contributed by atoms with E-state index in [1.807, 2.05) is 24.3 Å². The van der Waals surface area contributed by atoms with Gasteiger partial charge in [0.1, 0.15) is 18.5 Å². The minimum Gasteiger partial charge on any atom is -0.494 e. The molecule has 0 spiro atoms. The first kappa shape index (κ1) is 36.0. The maximum Gasteiger partial charge on any atom is 0.124 e. The molecule has 44 heavy (non-hydrogen) atoms. The fourth-order valence-corrected chi connectivity index (χ4v) is 3.25. The summed E-state index contributed by atoms with van der Waals surface area (Å²) >= 11 is 0. The Labute approximate surface area is 264 Å². The average Bonchev–Trinajstić information content (AvgIpc) is 3.05. The van der Waals surface area contributed by atoms with Crippen LogP contribution in [0.1, 0.15) is 69.8 Å². The van der Waals surface area contributed by atoms with Crippen LogP contribution >= 0.6 is 0 Å². The second kappa shape index (κ2) is 29.9. The molecule has 1 aromatic carbocycles. The van der Waals surface area contributed by atoms with Gasteiger partial charge in [-0.15, -0.1) is 6.42 Å². The van der Waals surface area contributed by atoms with Gasteiger partial charge in [0.2, 0.25) is 0 Å². The summed E-state index contributed by atoms with van der Waals surface area (Å²) < 4.78 is 11.0. The summed E-state index contributed by atoms with van der Waals surface area (Å²) in [6, 6.07) is 7.60. The first-order chi connectivity index (χ1) is 21.9. The molecule has 0 radical (unpaired) electrons. The van der Waals surface area contributed by atoms with E-state index in [1.54, 1.807) is 0 Å². The van der Waals surface area contributed by atoms with E-state index in [4.69, 9.17) is 21.0 Å². The molecule has 0 unspecified atom stereocenters. The molecule has 214 valence electrons. The van der Waals surface area contributed by atoms with Gasteiger partial charge in [-0.05, 0) is 77.9 Å². The van der Waals surface area contributed by atoms with Crippen LogP contribution in [0.2, 0.25) is 0 Å². The molecule has 3 nitrogen and oxygen atoms in total. The number of unbranched alkanes of at least 4 members (excludes halogenated alkanes) is 9. The van der Waals surface area contributed by atoms with Crippen molar-refractivity contribution in [3.8, 4) is 137 Å². The van der Waals surface area contributed by atoms with Crippen LogP contribution in [0.15, 0.2) is 24.3 Å². The third-order valence-corrected chi connectivity index (χ3v) is 5.34. The number of aliphatic hydroxyl groups is 1. The molecule has 1 rings (SSSR count). The quantitative estimate of drug-likeness (QED) is 0.235. The Morgan fingerprint density at radius 3 is 1.23 bits per heavy atom. The van der Waals surface area contributed by atoms with Crippen molar-refractivity contribution in [3.63, 3.8) is 0 Å². The second-order valence-corrected chi connectivity index (χ2v) is 8.66. The number of hydrogen-bond acceptors (Lipinski definition) is 3. The molecule has 0 saturated carbocycles. The van der Waals surface area contributed by atoms with Crippen LogP contribution in [0, 0.1) is 131 Å². The Balaban J connectivity index is 1.98. The predicted molar refractivity (Wildman–Crippen MR) is 177 cm³/mol. The van der Waals surface area contributed by atoms with Crippen molar-refractivity contribution in [2.75, 3.05) is 13.2 Å². The molecule has 0 aliphatic rings. The van der Waals surface area contributed by atoms with Crippen molar-refractivity contribution >= 4 is 0 Å². The molecule has 0 aliphatic heterocycles. The Hall–Kier alpha value is -6.06. The van der Waals surface area contributed by atoms with Gasteiger partial charge in [-0.2, -0.15) is 0 Å². The first-order valence-electron chi connectivity index (χ1n) is 14.3. The second-order valence-electron chi connectivity index (χ2n) is 8.66. The predicted octanol–water partition coefficient (Wildman–Crippen LogP) is 5.10. The van der Waals surface area contributed by atoms with Crippen LogP contribution in [-0.4, -0.2) is 18.3 Å². The average molecular weight is 573 g/mol. The molecule has 0 aromatic heterocycles. The van der Waals surface area contributed by atoms with E-state index in [2.05, 4.69) is 125 Å². The van der Waals surface area contributed by atoms with Crippen molar-refractivity contribution in [2.24, 2.45) is 0 Å². The van der Waals surface area contributed by atoms with E-state index in [-0.39, 0.29) is 6.61 Å². The zero-order chi connectivity index (χ0) is 31.4. The Morgan fingerprint density at radius 1 is 0.455 bits per heavy atom. The minimum absolute atomic E-state index is 0.0639. The lowest BCUT2D eigenvalue weighted by atomic mass is 10.1. The van der Waals surface area contributed by atoms with Gasteiger partial charge in [-0.3, -0.25) is 0 Å². The van der Waals surface area contributed by atoms with Crippen molar-refractivity contribution in [3.05, 3.63) is 29.8 Å². The van der Waals surface area contributed by atoms with Crippen LogP contribution in [0.5, 0.6) is 5.75 Å². The monoisotopic (exact) mass is 572 g/mol. The van der Waals surface area contributed by atoms with Crippen molar-refractivity contribution < 1.29 is 14.6 Å². The molecular weight excluding hydrogens is 540 g/mol. The molecule has 0 amide bonds. The zero-order valence-corrected chi connectivity index (χ0v) is 24.8. The van der Waals surface area contributed by atoms with Crippen LogP contribution in [-0.2, 0) is 11.3 Å². The van der Waals surface area contributed by atoms with Crippen LogP contribution in [0.25, 0.3) is 0 Å². The van der Waals surface area contributed by atoms with E-state index in [9.17, 15) is 0 Å². The van der Waals surface area contributed by atoms with Crippen molar-refractivity contribution in [1.82, 2.24) is 0 Å². The van der Waals surface area contributed by atoms with Gasteiger partial charge in [0.25, 0.3) is 0 Å². The topological polar surface area (TPSA) is 38.7 Å². The maximum absolute atomic E-state index is 9.06. The summed E-state index contributed by atoms with van der Waals surface area (Å²) in [6.45, 7) is 1.42. The van der Waals surface area contributed by atoms with E-state index in [0.29, 0.717) is 6.61 Å². The highest BCUT2D eigenvalue weighted by molar-refractivity contribution is 5.47. The summed E-state index contributed by atoms with van der Waals surface area (Å²) in [5, 5.41) is 9.06. The number of hydrogen-bond donors (Lipinski definition) is 1. The molecule has 0 atom stereocenters. The summed E-state index contributed by atoms with van der Waals surface area (Å²) in [6.07, 6.45) is 19.5. The smallest absolute Gasteiger partial charge is 0.124 e. The van der Waals surface area contributed by atoms with Crippen LogP contribution < -0.4 is 4.74 Å². The lowest BCUT2D eigenvalue weighted by Crippen LogP contribution is -1.97. The van der Waals surface area contributed by atoms with Crippen molar-refractivity contribution in [1.29, 1.82) is 0 Å². The lowest BCUT2D eigenvalue weighted by molar-refractivity contribution is 0.267. The number of ether oxygens (including phenoxy) is 2. The van der Waals surface area contributed by atoms with Crippen LogP contribution in [0.3, 0.4) is 0 Å². The Bertz CT molecular complexity index is 1700. The summed E-state index contributed by atoms with van der Waals surface area (Å²) in [4.78, 5) is 0. The van der Waals surface area contributed by atoms with Gasteiger partial charge in [0.05, 0.1) is 13.2 Å². The number of rotatable bonds is 15. The van der Waals surface area contributed by atoms with Crippen molar-refractivity contribution in [2.45, 2.75) is 70.8 Å². The summed E-state index contributed by atoms with van der Waals surface area (Å²) in [5.41, 5.74) is 0.902. The van der Waals surface area contributed by atoms with Crippen LogP contribution in [0.4, 0.5) is 0 Å². The highest BCUT2D eigenvalue weighted by atomic mass is 16.5. The molecular formula is C41H32O3. The Morgan fingerprint density at radius 2 is 0.818 bits per heavy atom. The van der Waals surface area contributed by atoms with Gasteiger partial charge in [0.15, 0.2) is 0 Å². The molecule has 0 bridgehead atoms. The van der Waals surface area contributed by atoms with Gasteiger partial charge in [-0.1, -0.05) is 63.5 Å². The summed E-state index contributed by atoms with van der Waals surface area (Å²) in [5.74, 6) is 50.8. The third kappa shape index (κ3) is 24.9. The van der Waals surface area contributed by atoms with Gasteiger partial charge < -0.3 is 14.6 Å². The standard InChI is InChI=1S/C41H32O3/c1-2-3-4-5-6-7-8-9-10-11-12-13-14-15-16-17-20-23-26-29-36-43-37-30-27-24-21-18-19-22-25-28-31-38-44-41-34-32-40(39-42)33-35-41/h1,32-35,42H,18-19,21-22,24-25,27-28,30-31,37-39H2.